The van der Waals surface area contributed by atoms with Gasteiger partial charge < -0.3 is 20.4 Å². The Morgan fingerprint density at radius 1 is 1.18 bits per heavy atom. The molecule has 160 valence electrons. The average molecular weight is 418 g/mol. The summed E-state index contributed by atoms with van der Waals surface area (Å²) in [6.07, 6.45) is 1.52. The van der Waals surface area contributed by atoms with Crippen LogP contribution in [0.2, 0.25) is 0 Å². The van der Waals surface area contributed by atoms with Crippen LogP contribution < -0.4 is 15.4 Å². The summed E-state index contributed by atoms with van der Waals surface area (Å²) >= 11 is 0. The summed E-state index contributed by atoms with van der Waals surface area (Å²) in [6.45, 7) is 7.72. The Hall–Kier alpha value is -1.88. The molecule has 0 unspecified atom stereocenters. The summed E-state index contributed by atoms with van der Waals surface area (Å²) < 4.78 is 25.6. The normalized spacial score (nSPS) is 25.2. The number of piperazine rings is 1. The van der Waals surface area contributed by atoms with E-state index in [0.29, 0.717) is 6.42 Å². The lowest BCUT2D eigenvalue weighted by molar-refractivity contribution is -0.141. The van der Waals surface area contributed by atoms with Gasteiger partial charge in [-0.2, -0.15) is 0 Å². The maximum atomic E-state index is 13.1. The van der Waals surface area contributed by atoms with E-state index in [1.54, 1.807) is 18.7 Å². The van der Waals surface area contributed by atoms with Crippen LogP contribution in [-0.4, -0.2) is 86.1 Å². The van der Waals surface area contributed by atoms with E-state index in [0.717, 1.165) is 6.26 Å². The summed E-state index contributed by atoms with van der Waals surface area (Å²) in [6, 6.07) is -1.94. The Morgan fingerprint density at radius 3 is 2.36 bits per heavy atom. The Kier molecular flexibility index (Phi) is 6.92. The number of rotatable bonds is 6. The van der Waals surface area contributed by atoms with Gasteiger partial charge in [-0.25, -0.2) is 17.9 Å². The maximum Gasteiger partial charge on any atom is 0.318 e. The molecule has 0 radical (unpaired) electrons. The van der Waals surface area contributed by atoms with Crippen LogP contribution >= 0.6 is 0 Å². The third kappa shape index (κ3) is 5.57. The Balaban J connectivity index is 2.18. The van der Waals surface area contributed by atoms with Crippen LogP contribution in [0.25, 0.3) is 0 Å². The predicted octanol–water partition coefficient (Wildman–Crippen LogP) is -0.920. The highest BCUT2D eigenvalue weighted by molar-refractivity contribution is 7.88. The lowest BCUT2D eigenvalue weighted by Gasteiger charge is -2.43. The highest BCUT2D eigenvalue weighted by Gasteiger charge is 2.47. The van der Waals surface area contributed by atoms with Crippen molar-refractivity contribution in [1.82, 2.24) is 25.2 Å². The van der Waals surface area contributed by atoms with E-state index in [4.69, 9.17) is 0 Å². The monoisotopic (exact) mass is 417 g/mol. The summed E-state index contributed by atoms with van der Waals surface area (Å²) in [4.78, 5) is 40.8. The van der Waals surface area contributed by atoms with Crippen LogP contribution in [0.4, 0.5) is 4.79 Å². The molecular weight excluding hydrogens is 386 g/mol. The molecule has 3 N–H and O–H groups in total. The number of fused-ring (bicyclic) bond motifs is 1. The van der Waals surface area contributed by atoms with Crippen molar-refractivity contribution in [2.24, 2.45) is 5.92 Å². The van der Waals surface area contributed by atoms with E-state index in [-0.39, 0.29) is 61.5 Å². The molecule has 10 nitrogen and oxygen atoms in total. The second-order valence-corrected chi connectivity index (χ2v) is 9.92. The number of hydrogen-bond acceptors (Lipinski definition) is 5. The van der Waals surface area contributed by atoms with Gasteiger partial charge in [-0.15, -0.1) is 0 Å². The van der Waals surface area contributed by atoms with E-state index in [9.17, 15) is 22.8 Å². The smallest absolute Gasteiger partial charge is 0.318 e. The van der Waals surface area contributed by atoms with Crippen molar-refractivity contribution < 1.29 is 22.8 Å². The second kappa shape index (κ2) is 8.64. The maximum absolute atomic E-state index is 13.1. The third-order valence-corrected chi connectivity index (χ3v) is 5.58. The molecule has 2 heterocycles. The molecule has 0 aromatic heterocycles. The number of amides is 4. The van der Waals surface area contributed by atoms with E-state index in [2.05, 4.69) is 15.4 Å². The number of nitrogens with one attached hydrogen (secondary N) is 3. The zero-order chi connectivity index (χ0) is 21.2. The molecule has 4 amide bonds. The number of urea groups is 1. The number of sulfonamides is 1. The van der Waals surface area contributed by atoms with Gasteiger partial charge in [-0.05, 0) is 20.3 Å². The molecule has 2 rings (SSSR count). The third-order valence-electron chi connectivity index (χ3n) is 4.81. The van der Waals surface area contributed by atoms with Gasteiger partial charge in [0.05, 0.1) is 12.3 Å². The van der Waals surface area contributed by atoms with Crippen LogP contribution in [0.15, 0.2) is 0 Å². The SMILES string of the molecule is CC(C)NC(=O)N1C[C@@H]2C[C@H](NS(C)(=O)=O)CN2C(=O)[C@@H]1CNC(=O)C(C)C. The van der Waals surface area contributed by atoms with Crippen molar-refractivity contribution in [3.8, 4) is 0 Å². The van der Waals surface area contributed by atoms with Gasteiger partial charge in [0, 0.05) is 37.6 Å². The molecule has 0 aromatic carbocycles. The van der Waals surface area contributed by atoms with Crippen LogP contribution in [0, 0.1) is 5.92 Å². The van der Waals surface area contributed by atoms with Crippen molar-refractivity contribution >= 4 is 27.9 Å². The molecule has 2 aliphatic rings. The minimum atomic E-state index is -3.40. The first-order valence-electron chi connectivity index (χ1n) is 9.51. The van der Waals surface area contributed by atoms with Crippen molar-refractivity contribution in [2.45, 2.75) is 58.3 Å². The molecule has 2 saturated heterocycles. The fourth-order valence-electron chi connectivity index (χ4n) is 3.58. The first-order valence-corrected chi connectivity index (χ1v) is 11.4. The second-order valence-electron chi connectivity index (χ2n) is 8.14. The standard InChI is InChI=1S/C17H31N5O5S/c1-10(2)15(23)18-7-14-16(24)21-8-12(20-28(5,26)27)6-13(21)9-22(14)17(25)19-11(3)4/h10-14,20H,6-9H2,1-5H3,(H,18,23)(H,19,25)/t12-,13-,14-/m0/s1. The fourth-order valence-corrected chi connectivity index (χ4v) is 4.36. The lowest BCUT2D eigenvalue weighted by atomic mass is 10.1. The highest BCUT2D eigenvalue weighted by atomic mass is 32.2. The van der Waals surface area contributed by atoms with Crippen LogP contribution in [0.3, 0.4) is 0 Å². The van der Waals surface area contributed by atoms with Gasteiger partial charge in [0.15, 0.2) is 0 Å². The molecule has 0 aromatic rings. The van der Waals surface area contributed by atoms with Gasteiger partial charge in [0.2, 0.25) is 21.8 Å². The number of carbonyl (C=O) groups is 3. The largest absolute Gasteiger partial charge is 0.353 e. The molecule has 28 heavy (non-hydrogen) atoms. The average Bonchev–Trinajstić information content (AvgIpc) is 2.93. The molecule has 0 spiro atoms. The van der Waals surface area contributed by atoms with Crippen LogP contribution in [0.5, 0.6) is 0 Å². The molecule has 0 saturated carbocycles. The Bertz CT molecular complexity index is 723. The number of hydrogen-bond donors (Lipinski definition) is 3. The van der Waals surface area contributed by atoms with Gasteiger partial charge in [-0.3, -0.25) is 9.59 Å². The van der Waals surface area contributed by atoms with Crippen molar-refractivity contribution in [3.63, 3.8) is 0 Å². The highest BCUT2D eigenvalue weighted by Crippen LogP contribution is 2.26. The van der Waals surface area contributed by atoms with Gasteiger partial charge in [-0.1, -0.05) is 13.8 Å². The molecule has 11 heteroatoms. The molecule has 3 atom stereocenters. The fraction of sp³-hybridized carbons (Fsp3) is 0.824. The number of carbonyl (C=O) groups excluding carboxylic acids is 3. The van der Waals surface area contributed by atoms with E-state index in [1.165, 1.54) is 4.90 Å². The zero-order valence-electron chi connectivity index (χ0n) is 17.1. The summed E-state index contributed by atoms with van der Waals surface area (Å²) in [5.74, 6) is -0.714. The first-order chi connectivity index (χ1) is 12.9. The van der Waals surface area contributed by atoms with Crippen LogP contribution in [0.1, 0.15) is 34.1 Å². The van der Waals surface area contributed by atoms with Gasteiger partial charge in [0.1, 0.15) is 6.04 Å². The van der Waals surface area contributed by atoms with Gasteiger partial charge >= 0.3 is 6.03 Å². The van der Waals surface area contributed by atoms with Gasteiger partial charge in [0.25, 0.3) is 0 Å². The molecule has 0 bridgehead atoms. The first kappa shape index (κ1) is 22.4. The van der Waals surface area contributed by atoms with Crippen LogP contribution in [-0.2, 0) is 19.6 Å². The quantitative estimate of drug-likeness (QED) is 0.515. The summed E-state index contributed by atoms with van der Waals surface area (Å²) in [5.41, 5.74) is 0. The van der Waals surface area contributed by atoms with E-state index < -0.39 is 16.1 Å². The van der Waals surface area contributed by atoms with Crippen molar-refractivity contribution in [3.05, 3.63) is 0 Å². The predicted molar refractivity (Wildman–Crippen MR) is 104 cm³/mol. The molecule has 0 aliphatic carbocycles. The summed E-state index contributed by atoms with van der Waals surface area (Å²) in [5, 5.41) is 5.52. The summed E-state index contributed by atoms with van der Waals surface area (Å²) in [7, 11) is -3.40. The van der Waals surface area contributed by atoms with Crippen molar-refractivity contribution in [1.29, 1.82) is 0 Å². The molecular formula is C17H31N5O5S. The van der Waals surface area contributed by atoms with Crippen molar-refractivity contribution in [2.75, 3.05) is 25.9 Å². The Labute approximate surface area is 166 Å². The topological polar surface area (TPSA) is 128 Å². The zero-order valence-corrected chi connectivity index (χ0v) is 17.9. The minimum absolute atomic E-state index is 0.0226. The lowest BCUT2D eigenvalue weighted by Crippen LogP contribution is -2.65. The van der Waals surface area contributed by atoms with E-state index in [1.807, 2.05) is 13.8 Å². The minimum Gasteiger partial charge on any atom is -0.353 e. The van der Waals surface area contributed by atoms with E-state index >= 15 is 0 Å². The number of nitrogens with zero attached hydrogens (tertiary/aromatic N) is 2. The molecule has 2 fully saturated rings. The molecule has 2 aliphatic heterocycles. The Morgan fingerprint density at radius 2 is 1.82 bits per heavy atom.